The summed E-state index contributed by atoms with van der Waals surface area (Å²) < 4.78 is 54.0. The molecule has 0 saturated carbocycles. The number of alkyl halides is 3. The number of amides is 1. The maximum atomic E-state index is 12.8. The van der Waals surface area contributed by atoms with Gasteiger partial charge < -0.3 is 14.2 Å². The fraction of sp³-hybridized carbons (Fsp3) is 0.292. The molecule has 0 N–H and O–H groups in total. The van der Waals surface area contributed by atoms with Crippen LogP contribution in [-0.4, -0.2) is 33.4 Å². The van der Waals surface area contributed by atoms with Crippen LogP contribution in [0.3, 0.4) is 0 Å². The molecule has 3 aromatic rings. The van der Waals surface area contributed by atoms with Crippen molar-refractivity contribution in [1.29, 1.82) is 0 Å². The van der Waals surface area contributed by atoms with Crippen LogP contribution in [0.2, 0.25) is 0 Å². The average molecular weight is 473 g/mol. The van der Waals surface area contributed by atoms with Gasteiger partial charge in [-0.05, 0) is 56.7 Å². The van der Waals surface area contributed by atoms with E-state index in [0.717, 1.165) is 5.56 Å². The smallest absolute Gasteiger partial charge is 0.490 e. The minimum atomic E-state index is -4.82. The molecule has 2 aromatic carbocycles. The summed E-state index contributed by atoms with van der Waals surface area (Å²) in [6.07, 6.45) is -2.43. The highest BCUT2D eigenvalue weighted by Gasteiger charge is 2.33. The number of nitrogens with zero attached hydrogens (tertiary/aromatic N) is 3. The fourth-order valence-electron chi connectivity index (χ4n) is 3.63. The molecule has 0 aliphatic carbocycles. The Bertz CT molecular complexity index is 1200. The summed E-state index contributed by atoms with van der Waals surface area (Å²) in [6, 6.07) is 9.69. The van der Waals surface area contributed by atoms with Crippen molar-refractivity contribution in [1.82, 2.24) is 14.9 Å². The number of fused-ring (bicyclic) bond motifs is 1. The molecule has 0 saturated heterocycles. The van der Waals surface area contributed by atoms with Crippen LogP contribution in [0.4, 0.5) is 18.0 Å². The van der Waals surface area contributed by atoms with Gasteiger partial charge in [-0.15, -0.1) is 13.2 Å². The molecule has 0 atom stereocenters. The lowest BCUT2D eigenvalue weighted by atomic mass is 9.98. The van der Waals surface area contributed by atoms with Crippen molar-refractivity contribution < 1.29 is 32.2 Å². The first kappa shape index (κ1) is 23.3. The summed E-state index contributed by atoms with van der Waals surface area (Å²) in [5, 5.41) is 0. The highest BCUT2D eigenvalue weighted by atomic mass is 19.4. The van der Waals surface area contributed by atoms with Gasteiger partial charge in [-0.2, -0.15) is 0 Å². The van der Waals surface area contributed by atoms with Gasteiger partial charge in [0.25, 0.3) is 0 Å². The van der Waals surface area contributed by atoms with E-state index in [1.54, 1.807) is 44.4 Å². The van der Waals surface area contributed by atoms with Gasteiger partial charge in [-0.25, -0.2) is 14.8 Å². The molecule has 0 spiro atoms. The van der Waals surface area contributed by atoms with Crippen molar-refractivity contribution in [2.75, 3.05) is 0 Å². The first-order valence-corrected chi connectivity index (χ1v) is 10.5. The number of hydrogen-bond acceptors (Lipinski definition) is 6. The molecule has 0 radical (unpaired) electrons. The van der Waals surface area contributed by atoms with E-state index in [-0.39, 0.29) is 30.5 Å². The Hall–Kier alpha value is -3.82. The van der Waals surface area contributed by atoms with E-state index in [1.807, 2.05) is 6.07 Å². The third kappa shape index (κ3) is 5.22. The molecule has 10 heteroatoms. The first-order chi connectivity index (χ1) is 16.1. The zero-order valence-electron chi connectivity index (χ0n) is 18.7. The second kappa shape index (κ2) is 9.20. The molecule has 0 bridgehead atoms. The van der Waals surface area contributed by atoms with Crippen LogP contribution in [0.5, 0.6) is 17.2 Å². The SMILES string of the molecule is Cc1c(OC(F)(F)F)ccc(-c2ccc3c(c2)CN(Cc2ncccn2)C(=O)O3)c1OC(C)C. The summed E-state index contributed by atoms with van der Waals surface area (Å²) in [5.41, 5.74) is 2.26. The zero-order chi connectivity index (χ0) is 24.5. The van der Waals surface area contributed by atoms with Gasteiger partial charge in [0, 0.05) is 29.1 Å². The van der Waals surface area contributed by atoms with E-state index in [9.17, 15) is 18.0 Å². The van der Waals surface area contributed by atoms with Crippen LogP contribution in [0.15, 0.2) is 48.8 Å². The number of benzene rings is 2. The summed E-state index contributed by atoms with van der Waals surface area (Å²) >= 11 is 0. The molecule has 2 heterocycles. The Morgan fingerprint density at radius 1 is 1.15 bits per heavy atom. The van der Waals surface area contributed by atoms with Crippen LogP contribution in [0, 0.1) is 6.92 Å². The largest absolute Gasteiger partial charge is 0.573 e. The van der Waals surface area contributed by atoms with Gasteiger partial charge in [0.15, 0.2) is 0 Å². The van der Waals surface area contributed by atoms with Crippen LogP contribution in [-0.2, 0) is 13.1 Å². The Morgan fingerprint density at radius 2 is 1.88 bits per heavy atom. The molecule has 1 amide bonds. The summed E-state index contributed by atoms with van der Waals surface area (Å²) in [6.45, 7) is 5.53. The van der Waals surface area contributed by atoms with Crippen LogP contribution in [0.25, 0.3) is 11.1 Å². The maximum absolute atomic E-state index is 12.8. The first-order valence-electron chi connectivity index (χ1n) is 10.5. The monoisotopic (exact) mass is 473 g/mol. The van der Waals surface area contributed by atoms with Crippen molar-refractivity contribution in [3.05, 3.63) is 65.7 Å². The summed E-state index contributed by atoms with van der Waals surface area (Å²) in [4.78, 5) is 22.2. The lowest BCUT2D eigenvalue weighted by Crippen LogP contribution is -2.36. The number of halogens is 3. The quantitative estimate of drug-likeness (QED) is 0.461. The second-order valence-electron chi connectivity index (χ2n) is 7.99. The van der Waals surface area contributed by atoms with Crippen molar-refractivity contribution in [2.45, 2.75) is 46.3 Å². The predicted molar refractivity (Wildman–Crippen MR) is 116 cm³/mol. The lowest BCUT2D eigenvalue weighted by Gasteiger charge is -2.28. The molecular formula is C24H22F3N3O4. The van der Waals surface area contributed by atoms with Gasteiger partial charge in [0.2, 0.25) is 0 Å². The number of rotatable bonds is 6. The van der Waals surface area contributed by atoms with Gasteiger partial charge in [0.05, 0.1) is 19.2 Å². The van der Waals surface area contributed by atoms with E-state index < -0.39 is 12.5 Å². The molecule has 1 aliphatic heterocycles. The number of hydrogen-bond donors (Lipinski definition) is 0. The molecule has 4 rings (SSSR count). The zero-order valence-corrected chi connectivity index (χ0v) is 18.7. The Morgan fingerprint density at radius 3 is 2.56 bits per heavy atom. The topological polar surface area (TPSA) is 73.8 Å². The lowest BCUT2D eigenvalue weighted by molar-refractivity contribution is -0.274. The third-order valence-electron chi connectivity index (χ3n) is 5.08. The standard InChI is InChI=1S/C24H22F3N3O4/c1-14(2)32-22-15(3)19(34-24(25,26)27)8-6-18(22)16-5-7-20-17(11-16)12-30(23(31)33-20)13-21-28-9-4-10-29-21/h4-11,14H,12-13H2,1-3H3. The van der Waals surface area contributed by atoms with Crippen LogP contribution in [0.1, 0.15) is 30.8 Å². The van der Waals surface area contributed by atoms with E-state index in [2.05, 4.69) is 14.7 Å². The molecule has 1 aliphatic rings. The molecular weight excluding hydrogens is 451 g/mol. The minimum Gasteiger partial charge on any atom is -0.490 e. The highest BCUT2D eigenvalue weighted by Crippen LogP contribution is 2.42. The predicted octanol–water partition coefficient (Wildman–Crippen LogP) is 5.65. The van der Waals surface area contributed by atoms with Crippen LogP contribution >= 0.6 is 0 Å². The molecule has 7 nitrogen and oxygen atoms in total. The van der Waals surface area contributed by atoms with E-state index in [4.69, 9.17) is 9.47 Å². The van der Waals surface area contributed by atoms with Gasteiger partial charge >= 0.3 is 12.5 Å². The summed E-state index contributed by atoms with van der Waals surface area (Å²) in [5.74, 6) is 0.855. The number of carbonyl (C=O) groups excluding carboxylic acids is 1. The normalized spacial score (nSPS) is 13.5. The highest BCUT2D eigenvalue weighted by molar-refractivity contribution is 5.78. The van der Waals surface area contributed by atoms with Crippen molar-refractivity contribution in [2.24, 2.45) is 0 Å². The molecule has 34 heavy (non-hydrogen) atoms. The van der Waals surface area contributed by atoms with Gasteiger partial charge in [-0.3, -0.25) is 4.90 Å². The Labute approximate surface area is 194 Å². The van der Waals surface area contributed by atoms with Gasteiger partial charge in [-0.1, -0.05) is 6.07 Å². The van der Waals surface area contributed by atoms with E-state index >= 15 is 0 Å². The Balaban J connectivity index is 1.69. The van der Waals surface area contributed by atoms with E-state index in [1.165, 1.54) is 24.0 Å². The summed E-state index contributed by atoms with van der Waals surface area (Å²) in [7, 11) is 0. The molecule has 1 aromatic heterocycles. The van der Waals surface area contributed by atoms with E-state index in [0.29, 0.717) is 28.5 Å². The number of carbonyl (C=O) groups is 1. The maximum Gasteiger partial charge on any atom is 0.573 e. The second-order valence-corrected chi connectivity index (χ2v) is 7.99. The van der Waals surface area contributed by atoms with Gasteiger partial charge in [0.1, 0.15) is 23.1 Å². The number of aromatic nitrogens is 2. The fourth-order valence-corrected chi connectivity index (χ4v) is 3.63. The van der Waals surface area contributed by atoms with Crippen molar-refractivity contribution in [3.8, 4) is 28.4 Å². The van der Waals surface area contributed by atoms with Crippen molar-refractivity contribution >= 4 is 6.09 Å². The molecule has 178 valence electrons. The third-order valence-corrected chi connectivity index (χ3v) is 5.08. The average Bonchev–Trinajstić information content (AvgIpc) is 2.76. The van der Waals surface area contributed by atoms with Crippen LogP contribution < -0.4 is 14.2 Å². The molecule has 0 fully saturated rings. The molecule has 0 unspecified atom stereocenters. The minimum absolute atomic E-state index is 0.174. The number of ether oxygens (including phenoxy) is 3. The Kier molecular flexibility index (Phi) is 6.32. The van der Waals surface area contributed by atoms with Crippen molar-refractivity contribution in [3.63, 3.8) is 0 Å².